The van der Waals surface area contributed by atoms with E-state index in [0.717, 1.165) is 0 Å². The van der Waals surface area contributed by atoms with Gasteiger partial charge in [0.2, 0.25) is 0 Å². The number of hydrogen-bond donors (Lipinski definition) is 0. The highest BCUT2D eigenvalue weighted by Gasteiger charge is 2.15. The molecule has 0 spiro atoms. The van der Waals surface area contributed by atoms with E-state index in [1.807, 2.05) is 0 Å². The molecule has 1 aromatic rings. The summed E-state index contributed by atoms with van der Waals surface area (Å²) in [4.78, 5) is 0. The number of rotatable bonds is 1. The van der Waals surface area contributed by atoms with E-state index >= 15 is 0 Å². The van der Waals surface area contributed by atoms with Gasteiger partial charge in [0, 0.05) is 9.76 Å². The van der Waals surface area contributed by atoms with Crippen molar-refractivity contribution >= 4 is 24.0 Å². The third-order valence-corrected chi connectivity index (χ3v) is 3.38. The molecule has 5 radical (unpaired) electrons. The summed E-state index contributed by atoms with van der Waals surface area (Å²) in [5.74, 6) is 0. The number of benzene rings is 1. The Kier molecular flexibility index (Phi) is 2.91. The molecule has 0 aliphatic carbocycles. The monoisotopic (exact) mass is 189 g/mol. The summed E-state index contributed by atoms with van der Waals surface area (Å²) in [6.07, 6.45) is 0. The Labute approximate surface area is 80.4 Å². The second kappa shape index (κ2) is 3.58. The smallest absolute Gasteiger partial charge is 0.0608 e. The molecule has 12 heavy (non-hydrogen) atoms. The summed E-state index contributed by atoms with van der Waals surface area (Å²) >= 11 is 0. The van der Waals surface area contributed by atoms with E-state index in [0.29, 0.717) is 9.04 Å². The van der Waals surface area contributed by atoms with Crippen molar-refractivity contribution in [2.45, 2.75) is 26.2 Å². The van der Waals surface area contributed by atoms with Crippen molar-refractivity contribution in [3.63, 3.8) is 0 Å². The van der Waals surface area contributed by atoms with Gasteiger partial charge in [0.05, 0.1) is 9.04 Å². The predicted octanol–water partition coefficient (Wildman–Crippen LogP) is 1.40. The minimum Gasteiger partial charge on any atom is -0.0645 e. The predicted molar refractivity (Wildman–Crippen MR) is 56.3 cm³/mol. The third-order valence-electron chi connectivity index (χ3n) is 1.87. The van der Waals surface area contributed by atoms with Gasteiger partial charge in [-0.1, -0.05) is 50.2 Å². The molecule has 0 aliphatic rings. The first-order chi connectivity index (χ1) is 5.55. The molecule has 0 saturated carbocycles. The van der Waals surface area contributed by atoms with Crippen molar-refractivity contribution in [1.29, 1.82) is 0 Å². The third kappa shape index (κ3) is 2.08. The SMILES string of the molecule is CC(C)(C)c1ccccc1[Si][Si]. The summed E-state index contributed by atoms with van der Waals surface area (Å²) in [6, 6.07) is 8.60. The lowest BCUT2D eigenvalue weighted by molar-refractivity contribution is 0.594. The molecule has 2 heteroatoms. The van der Waals surface area contributed by atoms with Gasteiger partial charge in [-0.3, -0.25) is 0 Å². The first-order valence-electron chi connectivity index (χ1n) is 4.08. The maximum atomic E-state index is 3.58. The topological polar surface area (TPSA) is 0 Å². The first-order valence-corrected chi connectivity index (χ1v) is 6.58. The summed E-state index contributed by atoms with van der Waals surface area (Å²) in [5.41, 5.74) is 1.70. The van der Waals surface area contributed by atoms with Crippen LogP contribution in [0.3, 0.4) is 0 Å². The number of hydrogen-bond acceptors (Lipinski definition) is 0. The zero-order valence-corrected chi connectivity index (χ0v) is 9.81. The first kappa shape index (κ1) is 9.74. The summed E-state index contributed by atoms with van der Waals surface area (Å²) in [6.45, 7) is 6.74. The lowest BCUT2D eigenvalue weighted by atomic mass is 9.87. The van der Waals surface area contributed by atoms with Crippen LogP contribution in [-0.4, -0.2) is 18.8 Å². The van der Waals surface area contributed by atoms with E-state index in [9.17, 15) is 0 Å². The maximum Gasteiger partial charge on any atom is 0.0608 e. The van der Waals surface area contributed by atoms with Crippen LogP contribution in [0.1, 0.15) is 26.3 Å². The minimum atomic E-state index is 0.260. The van der Waals surface area contributed by atoms with Gasteiger partial charge < -0.3 is 0 Å². The van der Waals surface area contributed by atoms with E-state index in [4.69, 9.17) is 0 Å². The van der Waals surface area contributed by atoms with Gasteiger partial charge in [0.25, 0.3) is 0 Å². The Hall–Kier alpha value is -0.346. The molecule has 0 unspecified atom stereocenters. The van der Waals surface area contributed by atoms with Gasteiger partial charge in [-0.15, -0.1) is 0 Å². The van der Waals surface area contributed by atoms with Crippen molar-refractivity contribution in [1.82, 2.24) is 0 Å². The second-order valence-electron chi connectivity index (χ2n) is 3.92. The lowest BCUT2D eigenvalue weighted by Gasteiger charge is -2.22. The molecular weight excluding hydrogens is 176 g/mol. The standard InChI is InChI=1S/C10H13Si2/c1-10(2,3)8-6-4-5-7-9(8)12-11/h4-7H,1-3H3. The van der Waals surface area contributed by atoms with Crippen molar-refractivity contribution in [3.05, 3.63) is 29.8 Å². The molecule has 0 heterocycles. The van der Waals surface area contributed by atoms with Gasteiger partial charge in [-0.05, 0) is 11.0 Å². The molecule has 1 rings (SSSR count). The van der Waals surface area contributed by atoms with Crippen LogP contribution in [0.25, 0.3) is 0 Å². The van der Waals surface area contributed by atoms with E-state index in [1.165, 1.54) is 10.8 Å². The molecule has 0 aromatic heterocycles. The Balaban J connectivity index is 3.14. The molecule has 0 fully saturated rings. The molecular formula is C10H13Si2. The Morgan fingerprint density at radius 3 is 2.17 bits per heavy atom. The fourth-order valence-corrected chi connectivity index (χ4v) is 2.67. The highest BCUT2D eigenvalue weighted by atomic mass is 29.1. The van der Waals surface area contributed by atoms with Crippen LogP contribution in [0.4, 0.5) is 0 Å². The van der Waals surface area contributed by atoms with Gasteiger partial charge in [0.15, 0.2) is 0 Å². The van der Waals surface area contributed by atoms with Gasteiger partial charge >= 0.3 is 0 Å². The van der Waals surface area contributed by atoms with E-state index in [1.54, 1.807) is 0 Å². The van der Waals surface area contributed by atoms with E-state index < -0.39 is 0 Å². The highest BCUT2D eigenvalue weighted by Crippen LogP contribution is 2.19. The molecule has 61 valence electrons. The van der Waals surface area contributed by atoms with Crippen molar-refractivity contribution in [2.75, 3.05) is 0 Å². The molecule has 0 N–H and O–H groups in total. The van der Waals surface area contributed by atoms with Crippen LogP contribution in [0.2, 0.25) is 0 Å². The van der Waals surface area contributed by atoms with Crippen molar-refractivity contribution in [2.24, 2.45) is 0 Å². The van der Waals surface area contributed by atoms with Crippen LogP contribution in [0.5, 0.6) is 0 Å². The molecule has 0 atom stereocenters. The molecule has 0 amide bonds. The average Bonchev–Trinajstić information content (AvgIpc) is 2.03. The second-order valence-corrected chi connectivity index (χ2v) is 5.46. The zero-order chi connectivity index (χ0) is 9.19. The summed E-state index contributed by atoms with van der Waals surface area (Å²) < 4.78 is 0. The minimum absolute atomic E-state index is 0.260. The normalized spacial score (nSPS) is 11.7. The quantitative estimate of drug-likeness (QED) is 0.586. The van der Waals surface area contributed by atoms with E-state index in [-0.39, 0.29) is 5.41 Å². The molecule has 0 bridgehead atoms. The lowest BCUT2D eigenvalue weighted by Crippen LogP contribution is -2.27. The maximum absolute atomic E-state index is 3.58. The van der Waals surface area contributed by atoms with Crippen LogP contribution in [0, 0.1) is 0 Å². The Bertz CT molecular complexity index is 261. The highest BCUT2D eigenvalue weighted by molar-refractivity contribution is 6.97. The molecule has 0 aliphatic heterocycles. The Morgan fingerprint density at radius 2 is 1.75 bits per heavy atom. The van der Waals surface area contributed by atoms with Crippen molar-refractivity contribution in [3.8, 4) is 0 Å². The van der Waals surface area contributed by atoms with Gasteiger partial charge in [-0.25, -0.2) is 0 Å². The van der Waals surface area contributed by atoms with Crippen LogP contribution in [0.15, 0.2) is 24.3 Å². The van der Waals surface area contributed by atoms with Gasteiger partial charge in [0.1, 0.15) is 0 Å². The van der Waals surface area contributed by atoms with E-state index in [2.05, 4.69) is 54.8 Å². The van der Waals surface area contributed by atoms with Crippen molar-refractivity contribution < 1.29 is 0 Å². The Morgan fingerprint density at radius 1 is 1.17 bits per heavy atom. The largest absolute Gasteiger partial charge is 0.0645 e. The van der Waals surface area contributed by atoms with Crippen LogP contribution < -0.4 is 5.19 Å². The average molecular weight is 189 g/mol. The van der Waals surface area contributed by atoms with Crippen LogP contribution >= 0.6 is 0 Å². The fraction of sp³-hybridized carbons (Fsp3) is 0.400. The molecule has 1 aromatic carbocycles. The fourth-order valence-electron chi connectivity index (χ4n) is 1.25. The molecule has 0 nitrogen and oxygen atoms in total. The van der Waals surface area contributed by atoms with Gasteiger partial charge in [-0.2, -0.15) is 0 Å². The molecule has 0 saturated heterocycles. The summed E-state index contributed by atoms with van der Waals surface area (Å²) in [5, 5.41) is 1.42. The summed E-state index contributed by atoms with van der Waals surface area (Å²) in [7, 11) is 4.28. The zero-order valence-electron chi connectivity index (χ0n) is 7.81. The van der Waals surface area contributed by atoms with Crippen LogP contribution in [-0.2, 0) is 5.41 Å².